The van der Waals surface area contributed by atoms with E-state index in [-0.39, 0.29) is 6.10 Å². The van der Waals surface area contributed by atoms with Gasteiger partial charge in [-0.1, -0.05) is 0 Å². The zero-order chi connectivity index (χ0) is 10.4. The predicted octanol–water partition coefficient (Wildman–Crippen LogP) is 0.0709. The summed E-state index contributed by atoms with van der Waals surface area (Å²) in [5.74, 6) is 0. The molecular weight excluding hydrogens is 180 g/mol. The lowest BCUT2D eigenvalue weighted by atomic mass is 10.1. The minimum atomic E-state index is 0.172. The van der Waals surface area contributed by atoms with Crippen LogP contribution in [0.2, 0.25) is 0 Å². The lowest BCUT2D eigenvalue weighted by Gasteiger charge is -2.32. The Morgan fingerprint density at radius 1 is 1.50 bits per heavy atom. The molecule has 0 aromatic carbocycles. The van der Waals surface area contributed by atoms with Crippen LogP contribution in [0.1, 0.15) is 12.8 Å². The van der Waals surface area contributed by atoms with Crippen molar-refractivity contribution in [1.82, 2.24) is 4.90 Å². The third kappa shape index (κ3) is 3.92. The molecule has 1 aliphatic heterocycles. The molecule has 0 bridgehead atoms. The van der Waals surface area contributed by atoms with Crippen molar-refractivity contribution in [3.8, 4) is 0 Å². The standard InChI is InChI=1S/C10H22N2O2/c1-13-8-10(14-2)7-12-5-3-4-9(11)6-12/h9-10H,3-8,11H2,1-2H3. The van der Waals surface area contributed by atoms with E-state index in [0.717, 1.165) is 26.1 Å². The van der Waals surface area contributed by atoms with E-state index in [9.17, 15) is 0 Å². The van der Waals surface area contributed by atoms with E-state index >= 15 is 0 Å². The first-order valence-corrected chi connectivity index (χ1v) is 5.26. The van der Waals surface area contributed by atoms with Crippen LogP contribution in [0.5, 0.6) is 0 Å². The number of piperidine rings is 1. The Morgan fingerprint density at radius 3 is 2.86 bits per heavy atom. The summed E-state index contributed by atoms with van der Waals surface area (Å²) in [5.41, 5.74) is 5.90. The van der Waals surface area contributed by atoms with Crippen molar-refractivity contribution in [3.63, 3.8) is 0 Å². The van der Waals surface area contributed by atoms with Gasteiger partial charge in [0.05, 0.1) is 12.7 Å². The summed E-state index contributed by atoms with van der Waals surface area (Å²) in [5, 5.41) is 0. The van der Waals surface area contributed by atoms with Crippen LogP contribution >= 0.6 is 0 Å². The molecule has 2 unspecified atom stereocenters. The van der Waals surface area contributed by atoms with Gasteiger partial charge in [0.15, 0.2) is 0 Å². The Hall–Kier alpha value is -0.160. The Balaban J connectivity index is 2.26. The maximum absolute atomic E-state index is 5.90. The molecule has 0 amide bonds. The molecule has 1 rings (SSSR count). The number of likely N-dealkylation sites (tertiary alicyclic amines) is 1. The molecule has 0 spiro atoms. The van der Waals surface area contributed by atoms with Gasteiger partial charge in [0.25, 0.3) is 0 Å². The molecule has 1 saturated heterocycles. The first-order chi connectivity index (χ1) is 6.76. The molecule has 0 radical (unpaired) electrons. The molecule has 0 saturated carbocycles. The molecule has 0 aliphatic carbocycles. The van der Waals surface area contributed by atoms with Crippen molar-refractivity contribution in [2.75, 3.05) is 40.5 Å². The topological polar surface area (TPSA) is 47.7 Å². The molecule has 4 heteroatoms. The third-order valence-electron chi connectivity index (χ3n) is 2.69. The minimum Gasteiger partial charge on any atom is -0.382 e. The summed E-state index contributed by atoms with van der Waals surface area (Å²) in [6.07, 6.45) is 2.52. The normalized spacial score (nSPS) is 26.4. The number of rotatable bonds is 5. The van der Waals surface area contributed by atoms with Crippen LogP contribution in [-0.2, 0) is 9.47 Å². The Kier molecular flexibility index (Phi) is 5.40. The fraction of sp³-hybridized carbons (Fsp3) is 1.00. The zero-order valence-corrected chi connectivity index (χ0v) is 9.24. The average Bonchev–Trinajstić information content (AvgIpc) is 2.17. The van der Waals surface area contributed by atoms with Gasteiger partial charge in [-0.15, -0.1) is 0 Å². The maximum Gasteiger partial charge on any atom is 0.0931 e. The van der Waals surface area contributed by atoms with Gasteiger partial charge in [0.1, 0.15) is 0 Å². The number of nitrogens with zero attached hydrogens (tertiary/aromatic N) is 1. The van der Waals surface area contributed by atoms with Crippen molar-refractivity contribution < 1.29 is 9.47 Å². The van der Waals surface area contributed by atoms with Gasteiger partial charge in [0, 0.05) is 33.4 Å². The molecule has 2 atom stereocenters. The van der Waals surface area contributed by atoms with Gasteiger partial charge in [-0.05, 0) is 19.4 Å². The molecule has 1 aliphatic rings. The van der Waals surface area contributed by atoms with Crippen LogP contribution in [0, 0.1) is 0 Å². The summed E-state index contributed by atoms with van der Waals surface area (Å²) < 4.78 is 10.4. The molecule has 14 heavy (non-hydrogen) atoms. The molecule has 1 fully saturated rings. The highest BCUT2D eigenvalue weighted by Crippen LogP contribution is 2.09. The summed E-state index contributed by atoms with van der Waals surface area (Å²) in [4.78, 5) is 2.36. The van der Waals surface area contributed by atoms with Crippen molar-refractivity contribution >= 4 is 0 Å². The molecule has 1 heterocycles. The van der Waals surface area contributed by atoms with E-state index in [2.05, 4.69) is 4.90 Å². The van der Waals surface area contributed by atoms with Gasteiger partial charge in [0.2, 0.25) is 0 Å². The SMILES string of the molecule is COCC(CN1CCCC(N)C1)OC. The van der Waals surface area contributed by atoms with Crippen LogP contribution in [0.25, 0.3) is 0 Å². The average molecular weight is 202 g/mol. The van der Waals surface area contributed by atoms with E-state index < -0.39 is 0 Å². The lowest BCUT2D eigenvalue weighted by Crippen LogP contribution is -2.46. The van der Waals surface area contributed by atoms with Crippen molar-refractivity contribution in [1.29, 1.82) is 0 Å². The Labute approximate surface area is 86.3 Å². The Morgan fingerprint density at radius 2 is 2.29 bits per heavy atom. The highest BCUT2D eigenvalue weighted by Gasteiger charge is 2.19. The van der Waals surface area contributed by atoms with Gasteiger partial charge in [-0.25, -0.2) is 0 Å². The first-order valence-electron chi connectivity index (χ1n) is 5.26. The Bertz CT molecular complexity index is 155. The van der Waals surface area contributed by atoms with Crippen molar-refractivity contribution in [3.05, 3.63) is 0 Å². The van der Waals surface area contributed by atoms with Crippen LogP contribution in [0.3, 0.4) is 0 Å². The van der Waals surface area contributed by atoms with E-state index in [4.69, 9.17) is 15.2 Å². The molecular formula is C10H22N2O2. The van der Waals surface area contributed by atoms with Crippen LogP contribution < -0.4 is 5.73 Å². The van der Waals surface area contributed by atoms with Gasteiger partial charge in [-0.3, -0.25) is 4.90 Å². The van der Waals surface area contributed by atoms with E-state index in [1.54, 1.807) is 14.2 Å². The monoisotopic (exact) mass is 202 g/mol. The van der Waals surface area contributed by atoms with Gasteiger partial charge in [-0.2, -0.15) is 0 Å². The summed E-state index contributed by atoms with van der Waals surface area (Å²) in [6.45, 7) is 3.71. The summed E-state index contributed by atoms with van der Waals surface area (Å²) in [6, 6.07) is 0.337. The number of ether oxygens (including phenoxy) is 2. The van der Waals surface area contributed by atoms with Crippen molar-refractivity contribution in [2.45, 2.75) is 25.0 Å². The van der Waals surface area contributed by atoms with Gasteiger partial charge < -0.3 is 15.2 Å². The molecule has 2 N–H and O–H groups in total. The number of methoxy groups -OCH3 is 2. The minimum absolute atomic E-state index is 0.172. The van der Waals surface area contributed by atoms with E-state index in [1.807, 2.05) is 0 Å². The summed E-state index contributed by atoms with van der Waals surface area (Å²) in [7, 11) is 3.43. The van der Waals surface area contributed by atoms with Crippen LogP contribution in [0.15, 0.2) is 0 Å². The third-order valence-corrected chi connectivity index (χ3v) is 2.69. The second kappa shape index (κ2) is 6.35. The largest absolute Gasteiger partial charge is 0.382 e. The maximum atomic E-state index is 5.90. The molecule has 84 valence electrons. The zero-order valence-electron chi connectivity index (χ0n) is 9.24. The fourth-order valence-corrected chi connectivity index (χ4v) is 1.93. The fourth-order valence-electron chi connectivity index (χ4n) is 1.93. The van der Waals surface area contributed by atoms with Crippen LogP contribution in [0.4, 0.5) is 0 Å². The van der Waals surface area contributed by atoms with E-state index in [0.29, 0.717) is 12.6 Å². The molecule has 0 aromatic rings. The second-order valence-electron chi connectivity index (χ2n) is 3.97. The number of hydrogen-bond acceptors (Lipinski definition) is 4. The van der Waals surface area contributed by atoms with Crippen molar-refractivity contribution in [2.24, 2.45) is 5.73 Å². The quantitative estimate of drug-likeness (QED) is 0.685. The van der Waals surface area contributed by atoms with E-state index in [1.165, 1.54) is 6.42 Å². The summed E-state index contributed by atoms with van der Waals surface area (Å²) >= 11 is 0. The first kappa shape index (κ1) is 11.9. The highest BCUT2D eigenvalue weighted by molar-refractivity contribution is 4.77. The smallest absolute Gasteiger partial charge is 0.0931 e. The second-order valence-corrected chi connectivity index (χ2v) is 3.97. The predicted molar refractivity (Wildman–Crippen MR) is 56.3 cm³/mol. The molecule has 4 nitrogen and oxygen atoms in total. The highest BCUT2D eigenvalue weighted by atomic mass is 16.5. The number of hydrogen-bond donors (Lipinski definition) is 1. The van der Waals surface area contributed by atoms with Gasteiger partial charge >= 0.3 is 0 Å². The number of nitrogens with two attached hydrogens (primary N) is 1. The lowest BCUT2D eigenvalue weighted by molar-refractivity contribution is 0.00156. The van der Waals surface area contributed by atoms with Crippen LogP contribution in [-0.4, -0.2) is 57.5 Å². The molecule has 0 aromatic heterocycles.